The SMILES string of the molecule is CC(c1ccc(C(F)(F)F)cc1)n1c(=O)oc2cc(S(=O)(=O)N(C)C)ccc21. The van der Waals surface area contributed by atoms with Crippen molar-refractivity contribution in [1.29, 1.82) is 0 Å². The fraction of sp³-hybridized carbons (Fsp3) is 0.278. The zero-order valence-electron chi connectivity index (χ0n) is 15.2. The third kappa shape index (κ3) is 3.45. The van der Waals surface area contributed by atoms with Gasteiger partial charge < -0.3 is 4.42 Å². The lowest BCUT2D eigenvalue weighted by atomic mass is 10.1. The number of aromatic nitrogens is 1. The van der Waals surface area contributed by atoms with Gasteiger partial charge in [-0.05, 0) is 36.8 Å². The molecule has 1 heterocycles. The van der Waals surface area contributed by atoms with Gasteiger partial charge in [0.25, 0.3) is 0 Å². The molecule has 0 aliphatic heterocycles. The van der Waals surface area contributed by atoms with Gasteiger partial charge in [0, 0.05) is 20.2 Å². The van der Waals surface area contributed by atoms with E-state index >= 15 is 0 Å². The van der Waals surface area contributed by atoms with Gasteiger partial charge in [0.15, 0.2) is 5.58 Å². The Hall–Kier alpha value is -2.59. The zero-order chi connectivity index (χ0) is 20.9. The first-order valence-electron chi connectivity index (χ1n) is 8.17. The normalized spacial score (nSPS) is 14.0. The number of alkyl halides is 3. The summed E-state index contributed by atoms with van der Waals surface area (Å²) in [7, 11) is -0.943. The average Bonchev–Trinajstić information content (AvgIpc) is 2.95. The topological polar surface area (TPSA) is 72.5 Å². The Kier molecular flexibility index (Phi) is 4.88. The first-order valence-corrected chi connectivity index (χ1v) is 9.61. The molecule has 0 bridgehead atoms. The van der Waals surface area contributed by atoms with E-state index in [1.807, 2.05) is 0 Å². The molecule has 1 atom stereocenters. The minimum Gasteiger partial charge on any atom is -0.408 e. The predicted molar refractivity (Wildman–Crippen MR) is 96.6 cm³/mol. The molecule has 0 radical (unpaired) electrons. The van der Waals surface area contributed by atoms with Crippen LogP contribution in [-0.2, 0) is 16.2 Å². The Bertz CT molecular complexity index is 1180. The van der Waals surface area contributed by atoms with Crippen molar-refractivity contribution in [3.05, 3.63) is 64.1 Å². The van der Waals surface area contributed by atoms with Crippen LogP contribution in [0.15, 0.2) is 56.6 Å². The summed E-state index contributed by atoms with van der Waals surface area (Å²) in [4.78, 5) is 12.3. The lowest BCUT2D eigenvalue weighted by Crippen LogP contribution is -2.22. The molecule has 3 rings (SSSR count). The minimum atomic E-state index is -4.45. The average molecular weight is 414 g/mol. The van der Waals surface area contributed by atoms with Gasteiger partial charge in [-0.15, -0.1) is 0 Å². The van der Waals surface area contributed by atoms with Gasteiger partial charge >= 0.3 is 11.9 Å². The van der Waals surface area contributed by atoms with Gasteiger partial charge in [0.1, 0.15) is 0 Å². The standard InChI is InChI=1S/C18H17F3N2O4S/c1-11(12-4-6-13(7-5-12)18(19,20)21)23-15-9-8-14(28(25,26)22(2)3)10-16(15)27-17(23)24/h4-11H,1-3H3. The second kappa shape index (κ2) is 6.78. The van der Waals surface area contributed by atoms with Crippen molar-refractivity contribution in [2.75, 3.05) is 14.1 Å². The first-order chi connectivity index (χ1) is 12.9. The molecular weight excluding hydrogens is 397 g/mol. The van der Waals surface area contributed by atoms with Crippen molar-refractivity contribution >= 4 is 21.1 Å². The molecule has 1 aromatic heterocycles. The summed E-state index contributed by atoms with van der Waals surface area (Å²) < 4.78 is 70.2. The summed E-state index contributed by atoms with van der Waals surface area (Å²) in [5.74, 6) is -0.734. The number of halogens is 3. The fourth-order valence-corrected chi connectivity index (χ4v) is 3.77. The maximum atomic E-state index is 12.7. The van der Waals surface area contributed by atoms with Crippen molar-refractivity contribution in [2.45, 2.75) is 24.0 Å². The lowest BCUT2D eigenvalue weighted by Gasteiger charge is -2.15. The van der Waals surface area contributed by atoms with Crippen molar-refractivity contribution in [2.24, 2.45) is 0 Å². The summed E-state index contributed by atoms with van der Waals surface area (Å²) >= 11 is 0. The largest absolute Gasteiger partial charge is 0.420 e. The third-order valence-corrected chi connectivity index (χ3v) is 6.28. The van der Waals surface area contributed by atoms with E-state index in [0.717, 1.165) is 16.4 Å². The van der Waals surface area contributed by atoms with E-state index in [1.54, 1.807) is 6.92 Å². The Morgan fingerprint density at radius 2 is 1.68 bits per heavy atom. The number of hydrogen-bond donors (Lipinski definition) is 0. The van der Waals surface area contributed by atoms with Crippen LogP contribution in [-0.4, -0.2) is 31.4 Å². The maximum absolute atomic E-state index is 12.7. The van der Waals surface area contributed by atoms with Crippen LogP contribution in [0, 0.1) is 0 Å². The minimum absolute atomic E-state index is 0.0342. The molecule has 0 aliphatic carbocycles. The second-order valence-corrected chi connectivity index (χ2v) is 8.60. The smallest absolute Gasteiger partial charge is 0.408 e. The van der Waals surface area contributed by atoms with E-state index in [2.05, 4.69) is 0 Å². The first kappa shape index (κ1) is 20.2. The molecule has 0 saturated heterocycles. The molecule has 0 fully saturated rings. The maximum Gasteiger partial charge on any atom is 0.420 e. The van der Waals surface area contributed by atoms with Crippen LogP contribution in [0.25, 0.3) is 11.1 Å². The molecular formula is C18H17F3N2O4S. The van der Waals surface area contributed by atoms with Gasteiger partial charge in [0.2, 0.25) is 10.0 Å². The summed E-state index contributed by atoms with van der Waals surface area (Å²) in [5.41, 5.74) is 0.107. The molecule has 28 heavy (non-hydrogen) atoms. The number of benzene rings is 2. The van der Waals surface area contributed by atoms with Crippen LogP contribution in [0.1, 0.15) is 24.1 Å². The van der Waals surface area contributed by atoms with Gasteiger partial charge in [-0.3, -0.25) is 4.57 Å². The van der Waals surface area contributed by atoms with Crippen LogP contribution in [0.3, 0.4) is 0 Å². The summed E-state index contributed by atoms with van der Waals surface area (Å²) in [5, 5.41) is 0. The lowest BCUT2D eigenvalue weighted by molar-refractivity contribution is -0.137. The quantitative estimate of drug-likeness (QED) is 0.655. The van der Waals surface area contributed by atoms with E-state index in [0.29, 0.717) is 11.1 Å². The highest BCUT2D eigenvalue weighted by Gasteiger charge is 2.30. The second-order valence-electron chi connectivity index (χ2n) is 6.45. The van der Waals surface area contributed by atoms with Crippen LogP contribution in [0.4, 0.5) is 13.2 Å². The molecule has 6 nitrogen and oxygen atoms in total. The number of oxazole rings is 1. The number of rotatable bonds is 4. The van der Waals surface area contributed by atoms with E-state index < -0.39 is 33.6 Å². The molecule has 0 amide bonds. The van der Waals surface area contributed by atoms with Gasteiger partial charge in [-0.25, -0.2) is 17.5 Å². The molecule has 3 aromatic rings. The van der Waals surface area contributed by atoms with Gasteiger partial charge in [-0.2, -0.15) is 13.2 Å². The Morgan fingerprint density at radius 1 is 1.07 bits per heavy atom. The monoisotopic (exact) mass is 414 g/mol. The number of hydrogen-bond acceptors (Lipinski definition) is 4. The highest BCUT2D eigenvalue weighted by atomic mass is 32.2. The van der Waals surface area contributed by atoms with Crippen LogP contribution in [0.5, 0.6) is 0 Å². The molecule has 1 unspecified atom stereocenters. The van der Waals surface area contributed by atoms with E-state index in [1.165, 1.54) is 49.0 Å². The van der Waals surface area contributed by atoms with Crippen LogP contribution >= 0.6 is 0 Å². The van der Waals surface area contributed by atoms with Gasteiger partial charge in [-0.1, -0.05) is 12.1 Å². The Labute approximate surface area is 158 Å². The molecule has 2 aromatic carbocycles. The van der Waals surface area contributed by atoms with Crippen molar-refractivity contribution < 1.29 is 26.0 Å². The van der Waals surface area contributed by atoms with Crippen LogP contribution in [0.2, 0.25) is 0 Å². The highest BCUT2D eigenvalue weighted by molar-refractivity contribution is 7.89. The summed E-state index contributed by atoms with van der Waals surface area (Å²) in [6.07, 6.45) is -4.45. The fourth-order valence-electron chi connectivity index (χ4n) is 2.85. The molecule has 10 heteroatoms. The zero-order valence-corrected chi connectivity index (χ0v) is 16.0. The number of fused-ring (bicyclic) bond motifs is 1. The summed E-state index contributed by atoms with van der Waals surface area (Å²) in [6.45, 7) is 1.64. The van der Waals surface area contributed by atoms with Crippen molar-refractivity contribution in [3.8, 4) is 0 Å². The highest BCUT2D eigenvalue weighted by Crippen LogP contribution is 2.31. The summed E-state index contributed by atoms with van der Waals surface area (Å²) in [6, 6.07) is 7.91. The van der Waals surface area contributed by atoms with Crippen molar-refractivity contribution in [3.63, 3.8) is 0 Å². The Balaban J connectivity index is 2.06. The van der Waals surface area contributed by atoms with Crippen molar-refractivity contribution in [1.82, 2.24) is 8.87 Å². The molecule has 0 saturated carbocycles. The van der Waals surface area contributed by atoms with E-state index in [9.17, 15) is 26.4 Å². The van der Waals surface area contributed by atoms with E-state index in [4.69, 9.17) is 4.42 Å². The third-order valence-electron chi connectivity index (χ3n) is 4.47. The Morgan fingerprint density at radius 3 is 2.21 bits per heavy atom. The van der Waals surface area contributed by atoms with E-state index in [-0.39, 0.29) is 10.5 Å². The predicted octanol–water partition coefficient (Wildman–Crippen LogP) is 3.47. The number of nitrogens with zero attached hydrogens (tertiary/aromatic N) is 2. The molecule has 0 aliphatic rings. The molecule has 150 valence electrons. The number of sulfonamides is 1. The molecule has 0 spiro atoms. The van der Waals surface area contributed by atoms with Gasteiger partial charge in [0.05, 0.1) is 22.0 Å². The van der Waals surface area contributed by atoms with Crippen LogP contribution < -0.4 is 5.76 Å². The molecule has 0 N–H and O–H groups in total.